The number of hydrogen-bond donors (Lipinski definition) is 2. The predicted octanol–water partition coefficient (Wildman–Crippen LogP) is 0.251. The molecule has 0 saturated heterocycles. The summed E-state index contributed by atoms with van der Waals surface area (Å²) < 4.78 is 22.0. The van der Waals surface area contributed by atoms with Crippen molar-refractivity contribution in [3.05, 3.63) is 0 Å². The van der Waals surface area contributed by atoms with Crippen LogP contribution in [0.2, 0.25) is 0 Å². The second-order valence-corrected chi connectivity index (χ2v) is 6.93. The average molecular weight is 249 g/mol. The first-order valence-electron chi connectivity index (χ1n) is 5.43. The highest BCUT2D eigenvalue weighted by Crippen LogP contribution is 2.48. The zero-order valence-electron chi connectivity index (χ0n) is 9.48. The molecule has 1 fully saturated rings. The molecule has 0 radical (unpaired) electrons. The van der Waals surface area contributed by atoms with E-state index in [1.54, 1.807) is 0 Å². The van der Waals surface area contributed by atoms with Crippen LogP contribution in [-0.4, -0.2) is 38.0 Å². The summed E-state index contributed by atoms with van der Waals surface area (Å²) in [6.07, 6.45) is 3.68. The van der Waals surface area contributed by atoms with Gasteiger partial charge in [-0.25, -0.2) is 8.42 Å². The second-order valence-electron chi connectivity index (χ2n) is 4.67. The highest BCUT2D eigenvalue weighted by Gasteiger charge is 2.49. The molecule has 0 aliphatic heterocycles. The Balaban J connectivity index is 2.61. The number of carboxylic acid groups (broad SMARTS) is 1. The molecule has 0 amide bonds. The SMILES string of the molecule is CS(=O)(=O)CCCC(CN)(C(=O)O)C1CC1. The Kier molecular flexibility index (Phi) is 3.96. The Morgan fingerprint density at radius 2 is 2.06 bits per heavy atom. The molecular weight excluding hydrogens is 230 g/mol. The maximum Gasteiger partial charge on any atom is 0.311 e. The zero-order chi connectivity index (χ0) is 12.4. The molecule has 0 aromatic heterocycles. The topological polar surface area (TPSA) is 97.5 Å². The van der Waals surface area contributed by atoms with Gasteiger partial charge in [-0.3, -0.25) is 4.79 Å². The van der Waals surface area contributed by atoms with Crippen molar-refractivity contribution in [1.82, 2.24) is 0 Å². The quantitative estimate of drug-likeness (QED) is 0.674. The Morgan fingerprint density at radius 1 is 1.50 bits per heavy atom. The summed E-state index contributed by atoms with van der Waals surface area (Å²) in [5.41, 5.74) is 4.67. The third kappa shape index (κ3) is 3.18. The number of hydrogen-bond acceptors (Lipinski definition) is 4. The van der Waals surface area contributed by atoms with E-state index in [9.17, 15) is 18.3 Å². The van der Waals surface area contributed by atoms with E-state index in [0.29, 0.717) is 12.8 Å². The van der Waals surface area contributed by atoms with E-state index in [0.717, 1.165) is 19.1 Å². The van der Waals surface area contributed by atoms with Crippen molar-refractivity contribution in [3.8, 4) is 0 Å². The van der Waals surface area contributed by atoms with Crippen LogP contribution in [-0.2, 0) is 14.6 Å². The normalized spacial score (nSPS) is 20.4. The summed E-state index contributed by atoms with van der Waals surface area (Å²) in [6.45, 7) is 0.0940. The third-order valence-electron chi connectivity index (χ3n) is 3.29. The standard InChI is InChI=1S/C10H19NO4S/c1-16(14,15)6-2-5-10(7-11,9(12)13)8-3-4-8/h8H,2-7,11H2,1H3,(H,12,13). The maximum atomic E-state index is 11.3. The van der Waals surface area contributed by atoms with Gasteiger partial charge in [0.25, 0.3) is 0 Å². The predicted molar refractivity (Wildman–Crippen MR) is 60.8 cm³/mol. The molecule has 0 heterocycles. The van der Waals surface area contributed by atoms with Gasteiger partial charge in [-0.15, -0.1) is 0 Å². The van der Waals surface area contributed by atoms with Crippen molar-refractivity contribution in [3.63, 3.8) is 0 Å². The van der Waals surface area contributed by atoms with Crippen LogP contribution in [0.1, 0.15) is 25.7 Å². The molecule has 0 aromatic carbocycles. The Hall–Kier alpha value is -0.620. The van der Waals surface area contributed by atoms with E-state index in [2.05, 4.69) is 0 Å². The van der Waals surface area contributed by atoms with Crippen molar-refractivity contribution >= 4 is 15.8 Å². The van der Waals surface area contributed by atoms with Gasteiger partial charge in [-0.05, 0) is 31.6 Å². The number of carboxylic acids is 1. The minimum Gasteiger partial charge on any atom is -0.481 e. The Bertz CT molecular complexity index is 361. The number of nitrogens with two attached hydrogens (primary N) is 1. The van der Waals surface area contributed by atoms with Gasteiger partial charge in [-0.2, -0.15) is 0 Å². The first-order chi connectivity index (χ1) is 7.32. The van der Waals surface area contributed by atoms with E-state index >= 15 is 0 Å². The number of carbonyl (C=O) groups is 1. The molecule has 3 N–H and O–H groups in total. The summed E-state index contributed by atoms with van der Waals surface area (Å²) >= 11 is 0. The highest BCUT2D eigenvalue weighted by atomic mass is 32.2. The number of aliphatic carboxylic acids is 1. The van der Waals surface area contributed by atoms with Crippen molar-refractivity contribution < 1.29 is 18.3 Å². The van der Waals surface area contributed by atoms with Crippen molar-refractivity contribution in [1.29, 1.82) is 0 Å². The lowest BCUT2D eigenvalue weighted by molar-refractivity contribution is -0.150. The van der Waals surface area contributed by atoms with Gasteiger partial charge >= 0.3 is 5.97 Å². The summed E-state index contributed by atoms with van der Waals surface area (Å²) in [5.74, 6) is -0.713. The van der Waals surface area contributed by atoms with Crippen LogP contribution in [0.25, 0.3) is 0 Å². The lowest BCUT2D eigenvalue weighted by Gasteiger charge is -2.27. The van der Waals surface area contributed by atoms with E-state index < -0.39 is 21.2 Å². The Morgan fingerprint density at radius 3 is 2.38 bits per heavy atom. The van der Waals surface area contributed by atoms with Crippen LogP contribution in [0, 0.1) is 11.3 Å². The summed E-state index contributed by atoms with van der Waals surface area (Å²) in [6, 6.07) is 0. The summed E-state index contributed by atoms with van der Waals surface area (Å²) in [7, 11) is -3.02. The molecule has 1 aliphatic carbocycles. The molecule has 1 aliphatic rings. The molecule has 5 nitrogen and oxygen atoms in total. The first-order valence-corrected chi connectivity index (χ1v) is 7.49. The van der Waals surface area contributed by atoms with Gasteiger partial charge < -0.3 is 10.8 Å². The summed E-state index contributed by atoms with van der Waals surface area (Å²) in [4.78, 5) is 11.3. The van der Waals surface area contributed by atoms with Crippen LogP contribution in [0.3, 0.4) is 0 Å². The largest absolute Gasteiger partial charge is 0.481 e. The van der Waals surface area contributed by atoms with Gasteiger partial charge in [-0.1, -0.05) is 0 Å². The molecule has 0 aromatic rings. The van der Waals surface area contributed by atoms with Gasteiger partial charge in [0.05, 0.1) is 5.41 Å². The third-order valence-corrected chi connectivity index (χ3v) is 4.32. The minimum atomic E-state index is -3.02. The lowest BCUT2D eigenvalue weighted by Crippen LogP contribution is -2.41. The fourth-order valence-corrected chi connectivity index (χ4v) is 2.80. The molecule has 1 unspecified atom stereocenters. The molecule has 0 bridgehead atoms. The molecule has 16 heavy (non-hydrogen) atoms. The first kappa shape index (κ1) is 13.4. The highest BCUT2D eigenvalue weighted by molar-refractivity contribution is 7.90. The molecule has 0 spiro atoms. The van der Waals surface area contributed by atoms with Crippen LogP contribution >= 0.6 is 0 Å². The molecule has 94 valence electrons. The van der Waals surface area contributed by atoms with E-state index in [-0.39, 0.29) is 18.2 Å². The molecule has 1 rings (SSSR count). The van der Waals surface area contributed by atoms with Crippen molar-refractivity contribution in [2.45, 2.75) is 25.7 Å². The monoisotopic (exact) mass is 249 g/mol. The fraction of sp³-hybridized carbons (Fsp3) is 0.900. The van der Waals surface area contributed by atoms with Crippen LogP contribution in [0.5, 0.6) is 0 Å². The van der Waals surface area contributed by atoms with Crippen molar-refractivity contribution in [2.24, 2.45) is 17.1 Å². The van der Waals surface area contributed by atoms with Gasteiger partial charge in [0.15, 0.2) is 0 Å². The van der Waals surface area contributed by atoms with E-state index in [1.165, 1.54) is 0 Å². The molecule has 1 atom stereocenters. The second kappa shape index (κ2) is 4.71. The average Bonchev–Trinajstić information content (AvgIpc) is 2.93. The van der Waals surface area contributed by atoms with Gasteiger partial charge in [0.1, 0.15) is 9.84 Å². The minimum absolute atomic E-state index is 0.0365. The maximum absolute atomic E-state index is 11.3. The van der Waals surface area contributed by atoms with Gasteiger partial charge in [0.2, 0.25) is 0 Å². The van der Waals surface area contributed by atoms with E-state index in [4.69, 9.17) is 5.73 Å². The van der Waals surface area contributed by atoms with Crippen LogP contribution in [0.15, 0.2) is 0 Å². The lowest BCUT2D eigenvalue weighted by atomic mass is 9.78. The van der Waals surface area contributed by atoms with E-state index in [1.807, 2.05) is 0 Å². The molecule has 1 saturated carbocycles. The fourth-order valence-electron chi connectivity index (χ4n) is 2.13. The van der Waals surface area contributed by atoms with Crippen LogP contribution in [0.4, 0.5) is 0 Å². The zero-order valence-corrected chi connectivity index (χ0v) is 10.3. The number of rotatable bonds is 7. The van der Waals surface area contributed by atoms with Crippen LogP contribution < -0.4 is 5.73 Å². The molecular formula is C10H19NO4S. The summed E-state index contributed by atoms with van der Waals surface area (Å²) in [5, 5.41) is 9.23. The Labute approximate surface area is 95.9 Å². The van der Waals surface area contributed by atoms with Gasteiger partial charge in [0, 0.05) is 18.6 Å². The number of sulfone groups is 1. The van der Waals surface area contributed by atoms with Crippen molar-refractivity contribution in [2.75, 3.05) is 18.6 Å². The smallest absolute Gasteiger partial charge is 0.311 e. The molecule has 6 heteroatoms.